The lowest BCUT2D eigenvalue weighted by atomic mass is 10.1. The number of benzene rings is 1. The quantitative estimate of drug-likeness (QED) is 0.663. The molecule has 1 aromatic carbocycles. The van der Waals surface area contributed by atoms with Gasteiger partial charge in [-0.2, -0.15) is 0 Å². The van der Waals surface area contributed by atoms with Gasteiger partial charge in [0.15, 0.2) is 0 Å². The van der Waals surface area contributed by atoms with E-state index in [1.807, 2.05) is 24.3 Å². The van der Waals surface area contributed by atoms with Crippen molar-refractivity contribution in [3.05, 3.63) is 41.7 Å². The predicted octanol–water partition coefficient (Wildman–Crippen LogP) is 0.238. The van der Waals surface area contributed by atoms with Crippen LogP contribution < -0.4 is 21.5 Å². The number of methoxy groups -OCH3 is 1. The molecule has 5 heteroatoms. The van der Waals surface area contributed by atoms with Crippen LogP contribution in [0.15, 0.2) is 41.2 Å². The van der Waals surface area contributed by atoms with Crippen molar-refractivity contribution >= 4 is 6.21 Å². The van der Waals surface area contributed by atoms with E-state index >= 15 is 0 Å². The minimum Gasteiger partial charge on any atom is -0.497 e. The van der Waals surface area contributed by atoms with Crippen molar-refractivity contribution < 1.29 is 4.74 Å². The molecule has 0 fully saturated rings. The van der Waals surface area contributed by atoms with Crippen LogP contribution in [-0.4, -0.2) is 13.3 Å². The molecule has 1 aromatic rings. The van der Waals surface area contributed by atoms with Gasteiger partial charge in [-0.1, -0.05) is 0 Å². The first kappa shape index (κ1) is 10.5. The van der Waals surface area contributed by atoms with Gasteiger partial charge in [0.05, 0.1) is 19.0 Å². The van der Waals surface area contributed by atoms with Gasteiger partial charge < -0.3 is 15.8 Å². The van der Waals surface area contributed by atoms with E-state index in [0.29, 0.717) is 5.70 Å². The number of nitrogens with one attached hydrogen (secondary N) is 1. The van der Waals surface area contributed by atoms with E-state index in [2.05, 4.69) is 10.3 Å². The summed E-state index contributed by atoms with van der Waals surface area (Å²) in [6, 6.07) is 7.39. The summed E-state index contributed by atoms with van der Waals surface area (Å²) in [6.45, 7) is 0. The third-order valence-corrected chi connectivity index (χ3v) is 2.41. The number of nitrogens with two attached hydrogens (primary N) is 2. The zero-order valence-electron chi connectivity index (χ0n) is 8.97. The van der Waals surface area contributed by atoms with Crippen molar-refractivity contribution in [2.45, 2.75) is 5.79 Å². The largest absolute Gasteiger partial charge is 0.497 e. The molecule has 0 radical (unpaired) electrons. The highest BCUT2D eigenvalue weighted by Gasteiger charge is 2.26. The van der Waals surface area contributed by atoms with Crippen molar-refractivity contribution in [2.75, 3.05) is 7.11 Å². The lowest BCUT2D eigenvalue weighted by Crippen LogP contribution is -2.48. The van der Waals surface area contributed by atoms with Gasteiger partial charge in [-0.25, -0.2) is 4.99 Å². The molecule has 1 unspecified atom stereocenters. The summed E-state index contributed by atoms with van der Waals surface area (Å²) in [5.74, 6) is -0.169. The van der Waals surface area contributed by atoms with Gasteiger partial charge in [-0.05, 0) is 24.3 Å². The maximum absolute atomic E-state index is 6.08. The number of ether oxygens (including phenoxy) is 1. The van der Waals surface area contributed by atoms with Crippen LogP contribution in [0.3, 0.4) is 0 Å². The standard InChI is InChI=1S/C11H14N4O/c1-16-10-4-2-8(3-5-10)11(13)14-6-9(12)7-15-11/h2-7,14H,12-13H2,1H3. The smallest absolute Gasteiger partial charge is 0.208 e. The molecule has 0 saturated heterocycles. The molecule has 84 valence electrons. The minimum absolute atomic E-state index is 0.551. The Morgan fingerprint density at radius 2 is 2.00 bits per heavy atom. The Balaban J connectivity index is 2.27. The highest BCUT2D eigenvalue weighted by Crippen LogP contribution is 2.21. The van der Waals surface area contributed by atoms with Crippen molar-refractivity contribution in [2.24, 2.45) is 16.5 Å². The summed E-state index contributed by atoms with van der Waals surface area (Å²) in [6.07, 6.45) is 3.18. The van der Waals surface area contributed by atoms with Crippen molar-refractivity contribution in [3.63, 3.8) is 0 Å². The molecule has 0 saturated carbocycles. The minimum atomic E-state index is -0.949. The van der Waals surface area contributed by atoms with Crippen LogP contribution in [0.2, 0.25) is 0 Å². The Morgan fingerprint density at radius 3 is 2.50 bits per heavy atom. The molecule has 2 rings (SSSR count). The maximum atomic E-state index is 6.08. The zero-order chi connectivity index (χ0) is 11.6. The number of hydrogen-bond acceptors (Lipinski definition) is 5. The zero-order valence-corrected chi connectivity index (χ0v) is 8.97. The van der Waals surface area contributed by atoms with Gasteiger partial charge in [-0.15, -0.1) is 0 Å². The molecule has 1 atom stereocenters. The topological polar surface area (TPSA) is 85.7 Å². The molecule has 16 heavy (non-hydrogen) atoms. The maximum Gasteiger partial charge on any atom is 0.208 e. The van der Waals surface area contributed by atoms with E-state index in [9.17, 15) is 0 Å². The molecule has 0 aromatic heterocycles. The summed E-state index contributed by atoms with van der Waals surface area (Å²) < 4.78 is 5.07. The Morgan fingerprint density at radius 1 is 1.31 bits per heavy atom. The van der Waals surface area contributed by atoms with Crippen molar-refractivity contribution in [3.8, 4) is 5.75 Å². The summed E-state index contributed by atoms with van der Waals surface area (Å²) in [5, 5.41) is 2.95. The van der Waals surface area contributed by atoms with Gasteiger partial charge in [0.2, 0.25) is 5.79 Å². The van der Waals surface area contributed by atoms with Crippen LogP contribution >= 0.6 is 0 Å². The van der Waals surface area contributed by atoms with Gasteiger partial charge in [0.1, 0.15) is 5.75 Å². The van der Waals surface area contributed by atoms with Gasteiger partial charge >= 0.3 is 0 Å². The molecule has 0 amide bonds. The number of nitrogens with zero attached hydrogens (tertiary/aromatic N) is 1. The third-order valence-electron chi connectivity index (χ3n) is 2.41. The van der Waals surface area contributed by atoms with Gasteiger partial charge in [0, 0.05) is 11.8 Å². The molecule has 0 spiro atoms. The molecule has 5 N–H and O–H groups in total. The van der Waals surface area contributed by atoms with Crippen molar-refractivity contribution in [1.29, 1.82) is 0 Å². The Bertz CT molecular complexity index is 438. The van der Waals surface area contributed by atoms with Gasteiger partial charge in [-0.3, -0.25) is 5.73 Å². The normalized spacial score (nSPS) is 23.5. The number of allylic oxidation sites excluding steroid dienone is 1. The lowest BCUT2D eigenvalue weighted by Gasteiger charge is -2.28. The fourth-order valence-corrected chi connectivity index (χ4v) is 1.45. The highest BCUT2D eigenvalue weighted by molar-refractivity contribution is 5.78. The molecular weight excluding hydrogens is 204 g/mol. The monoisotopic (exact) mass is 218 g/mol. The van der Waals surface area contributed by atoms with Gasteiger partial charge in [0.25, 0.3) is 0 Å². The Kier molecular flexibility index (Phi) is 2.54. The van der Waals surface area contributed by atoms with Crippen LogP contribution in [0.4, 0.5) is 0 Å². The summed E-state index contributed by atoms with van der Waals surface area (Å²) in [7, 11) is 1.62. The highest BCUT2D eigenvalue weighted by atomic mass is 16.5. The third kappa shape index (κ3) is 1.85. The molecule has 1 heterocycles. The van der Waals surface area contributed by atoms with E-state index in [1.165, 1.54) is 0 Å². The van der Waals surface area contributed by atoms with E-state index in [4.69, 9.17) is 16.2 Å². The second-order valence-corrected chi connectivity index (χ2v) is 3.54. The lowest BCUT2D eigenvalue weighted by molar-refractivity contribution is 0.402. The van der Waals surface area contributed by atoms with Crippen LogP contribution in [0.5, 0.6) is 5.75 Å². The fraction of sp³-hybridized carbons (Fsp3) is 0.182. The van der Waals surface area contributed by atoms with E-state index < -0.39 is 5.79 Å². The average Bonchev–Trinajstić information content (AvgIpc) is 2.33. The molecule has 0 bridgehead atoms. The second-order valence-electron chi connectivity index (χ2n) is 3.54. The second kappa shape index (κ2) is 3.86. The van der Waals surface area contributed by atoms with Crippen LogP contribution in [-0.2, 0) is 5.79 Å². The number of rotatable bonds is 2. The van der Waals surface area contributed by atoms with Crippen molar-refractivity contribution in [1.82, 2.24) is 5.32 Å². The van der Waals surface area contributed by atoms with Crippen LogP contribution in [0, 0.1) is 0 Å². The number of hydrogen-bond donors (Lipinski definition) is 3. The Labute approximate surface area is 93.8 Å². The molecule has 0 aliphatic carbocycles. The Hall–Kier alpha value is -2.01. The fourth-order valence-electron chi connectivity index (χ4n) is 1.45. The summed E-state index contributed by atoms with van der Waals surface area (Å²) in [4.78, 5) is 4.18. The summed E-state index contributed by atoms with van der Waals surface area (Å²) in [5.41, 5.74) is 13.0. The first-order valence-corrected chi connectivity index (χ1v) is 4.86. The first-order chi connectivity index (χ1) is 7.64. The molecule has 1 aliphatic heterocycles. The first-order valence-electron chi connectivity index (χ1n) is 4.86. The van der Waals surface area contributed by atoms with E-state index in [-0.39, 0.29) is 0 Å². The van der Waals surface area contributed by atoms with E-state index in [1.54, 1.807) is 19.5 Å². The molecular formula is C11H14N4O. The SMILES string of the molecule is COc1ccc(C2(N)N=CC(N)=CN2)cc1. The molecule has 5 nitrogen and oxygen atoms in total. The number of aliphatic imine (C=N–C) groups is 1. The molecule has 1 aliphatic rings. The van der Waals surface area contributed by atoms with E-state index in [0.717, 1.165) is 11.3 Å². The average molecular weight is 218 g/mol. The van der Waals surface area contributed by atoms with Crippen LogP contribution in [0.1, 0.15) is 5.56 Å². The summed E-state index contributed by atoms with van der Waals surface area (Å²) >= 11 is 0. The van der Waals surface area contributed by atoms with Crippen LogP contribution in [0.25, 0.3) is 0 Å². The predicted molar refractivity (Wildman–Crippen MR) is 62.8 cm³/mol.